The van der Waals surface area contributed by atoms with Crippen LogP contribution in [0, 0.1) is 0 Å². The number of hydrogen-bond donors (Lipinski definition) is 4. The van der Waals surface area contributed by atoms with Crippen LogP contribution in [0.4, 0.5) is 0 Å². The monoisotopic (exact) mass is 304 g/mol. The van der Waals surface area contributed by atoms with E-state index in [-0.39, 0.29) is 21.7 Å². The minimum Gasteiger partial charge on any atom is -0.382 e. The Morgan fingerprint density at radius 1 is 0.500 bits per heavy atom. The fraction of sp³-hybridized carbons (Fsp3) is 1.00. The Morgan fingerprint density at radius 2 is 0.688 bits per heavy atom. The molecule has 0 amide bonds. The quantitative estimate of drug-likeness (QED) is 0.503. The molecule has 0 spiro atoms. The molecule has 2 aliphatic rings. The molecule has 0 bridgehead atoms. The third-order valence-electron chi connectivity index (χ3n) is 1.88. The average molecular weight is 304 g/mol. The highest BCUT2D eigenvalue weighted by molar-refractivity contribution is 8.77. The SMILES string of the molecule is OC1CCC(O)SS1.OC1CCC(O)SS1. The van der Waals surface area contributed by atoms with Crippen molar-refractivity contribution in [3.63, 3.8) is 0 Å². The van der Waals surface area contributed by atoms with Crippen molar-refractivity contribution in [3.8, 4) is 0 Å². The van der Waals surface area contributed by atoms with Crippen LogP contribution in [-0.2, 0) is 0 Å². The van der Waals surface area contributed by atoms with E-state index in [2.05, 4.69) is 0 Å². The van der Waals surface area contributed by atoms with Gasteiger partial charge in [0, 0.05) is 0 Å². The molecule has 0 aromatic heterocycles. The van der Waals surface area contributed by atoms with Crippen molar-refractivity contribution >= 4 is 43.2 Å². The highest BCUT2D eigenvalue weighted by Crippen LogP contribution is 2.38. The maximum absolute atomic E-state index is 8.86. The first-order valence-corrected chi connectivity index (χ1v) is 9.49. The van der Waals surface area contributed by atoms with E-state index in [0.717, 1.165) is 25.7 Å². The van der Waals surface area contributed by atoms with Gasteiger partial charge in [-0.05, 0) is 25.7 Å². The molecule has 2 rings (SSSR count). The molecule has 0 aliphatic carbocycles. The molecule has 4 N–H and O–H groups in total. The summed E-state index contributed by atoms with van der Waals surface area (Å²) in [6.07, 6.45) is 2.88. The van der Waals surface area contributed by atoms with Crippen LogP contribution in [0.25, 0.3) is 0 Å². The van der Waals surface area contributed by atoms with E-state index in [1.54, 1.807) is 0 Å². The molecule has 4 nitrogen and oxygen atoms in total. The maximum atomic E-state index is 8.86. The van der Waals surface area contributed by atoms with Crippen LogP contribution in [-0.4, -0.2) is 42.2 Å². The van der Waals surface area contributed by atoms with Crippen molar-refractivity contribution in [3.05, 3.63) is 0 Å². The lowest BCUT2D eigenvalue weighted by Gasteiger charge is -2.18. The number of aliphatic hydroxyl groups is 4. The van der Waals surface area contributed by atoms with Crippen molar-refractivity contribution < 1.29 is 20.4 Å². The summed E-state index contributed by atoms with van der Waals surface area (Å²) < 4.78 is 0. The van der Waals surface area contributed by atoms with Gasteiger partial charge in [0.2, 0.25) is 0 Å². The zero-order chi connectivity index (χ0) is 12.0. The van der Waals surface area contributed by atoms with Gasteiger partial charge >= 0.3 is 0 Å². The van der Waals surface area contributed by atoms with Crippen LogP contribution in [0.3, 0.4) is 0 Å². The van der Waals surface area contributed by atoms with Crippen LogP contribution in [0.1, 0.15) is 25.7 Å². The molecule has 4 atom stereocenters. The molecule has 16 heavy (non-hydrogen) atoms. The largest absolute Gasteiger partial charge is 0.382 e. The Bertz CT molecular complexity index is 141. The fourth-order valence-electron chi connectivity index (χ4n) is 1.02. The average Bonchev–Trinajstić information content (AvgIpc) is 2.28. The van der Waals surface area contributed by atoms with Crippen molar-refractivity contribution in [2.75, 3.05) is 0 Å². The third-order valence-corrected chi connectivity index (χ3v) is 7.26. The Labute approximate surface area is 111 Å². The molecule has 2 saturated heterocycles. The first kappa shape index (κ1) is 15.3. The molecule has 0 aromatic rings. The lowest BCUT2D eigenvalue weighted by Crippen LogP contribution is -2.11. The second-order valence-corrected chi connectivity index (χ2v) is 8.61. The highest BCUT2D eigenvalue weighted by Gasteiger charge is 2.18. The summed E-state index contributed by atoms with van der Waals surface area (Å²) in [5.74, 6) is 0. The molecular weight excluding hydrogens is 288 g/mol. The van der Waals surface area contributed by atoms with E-state index in [1.165, 1.54) is 43.2 Å². The highest BCUT2D eigenvalue weighted by atomic mass is 33.1. The van der Waals surface area contributed by atoms with Gasteiger partial charge in [-0.3, -0.25) is 0 Å². The topological polar surface area (TPSA) is 80.9 Å². The molecule has 2 fully saturated rings. The standard InChI is InChI=1S/2C4H8O2S2/c2*5-3-1-2-4(6)8-7-3/h2*3-6H,1-2H2. The van der Waals surface area contributed by atoms with Crippen LogP contribution >= 0.6 is 43.2 Å². The molecule has 2 heterocycles. The predicted octanol–water partition coefficient (Wildman–Crippen LogP) is 1.60. The molecule has 2 aliphatic heterocycles. The third kappa shape index (κ3) is 6.85. The van der Waals surface area contributed by atoms with Gasteiger partial charge < -0.3 is 20.4 Å². The minimum atomic E-state index is -0.261. The van der Waals surface area contributed by atoms with Crippen molar-refractivity contribution in [2.24, 2.45) is 0 Å². The number of rotatable bonds is 0. The maximum Gasteiger partial charge on any atom is 0.109 e. The van der Waals surface area contributed by atoms with E-state index < -0.39 is 0 Å². The Hall–Kier alpha value is 1.24. The van der Waals surface area contributed by atoms with E-state index in [1.807, 2.05) is 0 Å². The van der Waals surface area contributed by atoms with E-state index >= 15 is 0 Å². The summed E-state index contributed by atoms with van der Waals surface area (Å²) in [4.78, 5) is 0. The van der Waals surface area contributed by atoms with Gasteiger partial charge in [0.1, 0.15) is 21.7 Å². The summed E-state index contributed by atoms with van der Waals surface area (Å²) >= 11 is 0. The van der Waals surface area contributed by atoms with Crippen molar-refractivity contribution in [1.82, 2.24) is 0 Å². The first-order chi connectivity index (χ1) is 7.58. The van der Waals surface area contributed by atoms with Gasteiger partial charge in [-0.15, -0.1) is 0 Å². The molecule has 4 unspecified atom stereocenters. The smallest absolute Gasteiger partial charge is 0.109 e. The van der Waals surface area contributed by atoms with Crippen LogP contribution in [0.2, 0.25) is 0 Å². The zero-order valence-electron chi connectivity index (χ0n) is 8.56. The van der Waals surface area contributed by atoms with Gasteiger partial charge in [-0.25, -0.2) is 0 Å². The molecule has 8 heteroatoms. The molecule has 0 aromatic carbocycles. The Morgan fingerprint density at radius 3 is 0.812 bits per heavy atom. The second-order valence-electron chi connectivity index (χ2n) is 3.36. The van der Waals surface area contributed by atoms with Gasteiger partial charge in [0.25, 0.3) is 0 Å². The van der Waals surface area contributed by atoms with Crippen molar-refractivity contribution in [2.45, 2.75) is 47.4 Å². The fourth-order valence-corrected chi connectivity index (χ4v) is 5.16. The Balaban J connectivity index is 0.000000160. The molecule has 0 radical (unpaired) electrons. The normalized spacial score (nSPS) is 39.8. The molecular formula is C8H16O4S4. The van der Waals surface area contributed by atoms with E-state index in [0.29, 0.717) is 0 Å². The van der Waals surface area contributed by atoms with Gasteiger partial charge in [0.05, 0.1) is 0 Å². The minimum absolute atomic E-state index is 0.261. The molecule has 96 valence electrons. The van der Waals surface area contributed by atoms with Crippen LogP contribution in [0.15, 0.2) is 0 Å². The van der Waals surface area contributed by atoms with Crippen LogP contribution in [0.5, 0.6) is 0 Å². The van der Waals surface area contributed by atoms with Crippen molar-refractivity contribution in [1.29, 1.82) is 0 Å². The predicted molar refractivity (Wildman–Crippen MR) is 72.9 cm³/mol. The Kier molecular flexibility index (Phi) is 7.99. The number of aliphatic hydroxyl groups excluding tert-OH is 4. The second kappa shape index (κ2) is 8.36. The van der Waals surface area contributed by atoms with Crippen LogP contribution < -0.4 is 0 Å². The van der Waals surface area contributed by atoms with E-state index in [4.69, 9.17) is 20.4 Å². The van der Waals surface area contributed by atoms with Gasteiger partial charge in [0.15, 0.2) is 0 Å². The summed E-state index contributed by atoms with van der Waals surface area (Å²) in [5.41, 5.74) is -1.04. The lowest BCUT2D eigenvalue weighted by molar-refractivity contribution is 0.201. The first-order valence-electron chi connectivity index (χ1n) is 4.94. The van der Waals surface area contributed by atoms with E-state index in [9.17, 15) is 0 Å². The molecule has 0 saturated carbocycles. The summed E-state index contributed by atoms with van der Waals surface area (Å²) in [5, 5.41) is 35.4. The summed E-state index contributed by atoms with van der Waals surface area (Å²) in [7, 11) is 5.39. The summed E-state index contributed by atoms with van der Waals surface area (Å²) in [6, 6.07) is 0. The number of hydrogen-bond acceptors (Lipinski definition) is 8. The lowest BCUT2D eigenvalue weighted by atomic mass is 10.3. The van der Waals surface area contributed by atoms with Gasteiger partial charge in [-0.2, -0.15) is 0 Å². The zero-order valence-corrected chi connectivity index (χ0v) is 11.8. The summed E-state index contributed by atoms with van der Waals surface area (Å²) in [6.45, 7) is 0. The van der Waals surface area contributed by atoms with Gasteiger partial charge in [-0.1, -0.05) is 43.2 Å².